The van der Waals surface area contributed by atoms with Crippen molar-refractivity contribution in [1.82, 2.24) is 14.9 Å². The van der Waals surface area contributed by atoms with Gasteiger partial charge in [-0.1, -0.05) is 12.1 Å². The number of nitrogens with zero attached hydrogens (tertiary/aromatic N) is 2. The Morgan fingerprint density at radius 3 is 2.39 bits per heavy atom. The fraction of sp³-hybridized carbons (Fsp3) is 0.160. The second-order valence-electron chi connectivity index (χ2n) is 8.06. The molecule has 0 atom stereocenters. The molecule has 1 aromatic carbocycles. The van der Waals surface area contributed by atoms with Crippen LogP contribution in [0.3, 0.4) is 0 Å². The third-order valence-corrected chi connectivity index (χ3v) is 5.32. The van der Waals surface area contributed by atoms with Gasteiger partial charge in [0.2, 0.25) is 0 Å². The number of anilines is 1. The van der Waals surface area contributed by atoms with Crippen molar-refractivity contribution in [3.8, 4) is 16.9 Å². The lowest BCUT2D eigenvalue weighted by molar-refractivity contribution is -0.274. The predicted molar refractivity (Wildman–Crippen MR) is 131 cm³/mol. The second-order valence-corrected chi connectivity index (χ2v) is 8.06. The van der Waals surface area contributed by atoms with Gasteiger partial charge in [-0.25, -0.2) is 4.98 Å². The van der Waals surface area contributed by atoms with Crippen molar-refractivity contribution < 1.29 is 31.1 Å². The van der Waals surface area contributed by atoms with Gasteiger partial charge < -0.3 is 20.8 Å². The van der Waals surface area contributed by atoms with E-state index >= 15 is 0 Å². The van der Waals surface area contributed by atoms with E-state index in [9.17, 15) is 31.1 Å². The third kappa shape index (κ3) is 6.05. The zero-order chi connectivity index (χ0) is 27.7. The van der Waals surface area contributed by atoms with Crippen molar-refractivity contribution in [1.29, 1.82) is 5.41 Å². The molecule has 0 aliphatic heterocycles. The number of ether oxygens (including phenoxy) is 1. The minimum atomic E-state index is -4.92. The van der Waals surface area contributed by atoms with E-state index < -0.39 is 30.4 Å². The fourth-order valence-electron chi connectivity index (χ4n) is 3.73. The van der Waals surface area contributed by atoms with Crippen LogP contribution in [-0.2, 0) is 0 Å². The molecule has 2 aromatic heterocycles. The Hall–Kier alpha value is -4.55. The van der Waals surface area contributed by atoms with Crippen LogP contribution >= 0.6 is 0 Å². The lowest BCUT2D eigenvalue weighted by Crippen LogP contribution is -2.23. The average Bonchev–Trinajstić information content (AvgIpc) is 2.83. The van der Waals surface area contributed by atoms with Crippen LogP contribution in [-0.4, -0.2) is 41.4 Å². The smallest absolute Gasteiger partial charge is 0.406 e. The normalized spacial score (nSPS) is 15.1. The largest absolute Gasteiger partial charge is 0.573 e. The maximum Gasteiger partial charge on any atom is 0.573 e. The van der Waals surface area contributed by atoms with E-state index in [1.807, 2.05) is 0 Å². The molecule has 1 aliphatic rings. The van der Waals surface area contributed by atoms with Crippen LogP contribution in [0.5, 0.6) is 5.75 Å². The summed E-state index contributed by atoms with van der Waals surface area (Å²) in [5.74, 6) is -0.657. The third-order valence-electron chi connectivity index (χ3n) is 5.32. The number of halogens is 6. The molecule has 0 saturated heterocycles. The number of fused-ring (bicyclic) bond motifs is 1. The Balaban J connectivity index is 1.90. The minimum absolute atomic E-state index is 0.0436. The van der Waals surface area contributed by atoms with Crippen LogP contribution in [0.15, 0.2) is 77.4 Å². The molecule has 3 aromatic rings. The summed E-state index contributed by atoms with van der Waals surface area (Å²) in [5, 5.41) is 13.4. The van der Waals surface area contributed by atoms with E-state index in [0.717, 1.165) is 12.1 Å². The van der Waals surface area contributed by atoms with Gasteiger partial charge in [0.1, 0.15) is 18.1 Å². The van der Waals surface area contributed by atoms with Gasteiger partial charge in [0.15, 0.2) is 0 Å². The Bertz CT molecular complexity index is 1530. The number of pyridine rings is 2. The van der Waals surface area contributed by atoms with E-state index in [2.05, 4.69) is 20.4 Å². The SMILES string of the molecule is CN/C=C1/C=C(n2cc3ccc(NCC(F)(F)F)nc3c(-c3ccc(OC(F)(F)F)cc3)c2=O)C=CC1=N. The number of rotatable bonds is 6. The Morgan fingerprint density at radius 1 is 1.05 bits per heavy atom. The monoisotopic (exact) mass is 535 g/mol. The van der Waals surface area contributed by atoms with Gasteiger partial charge in [-0.2, -0.15) is 13.2 Å². The maximum absolute atomic E-state index is 13.7. The first-order valence-electron chi connectivity index (χ1n) is 10.9. The van der Waals surface area contributed by atoms with Crippen LogP contribution in [0.1, 0.15) is 0 Å². The van der Waals surface area contributed by atoms with Gasteiger partial charge >= 0.3 is 12.5 Å². The summed E-state index contributed by atoms with van der Waals surface area (Å²) in [4.78, 5) is 17.9. The molecule has 13 heteroatoms. The molecule has 0 unspecified atom stereocenters. The predicted octanol–water partition coefficient (Wildman–Crippen LogP) is 5.47. The molecule has 2 heterocycles. The van der Waals surface area contributed by atoms with Crippen LogP contribution in [0.4, 0.5) is 32.2 Å². The molecule has 0 spiro atoms. The Morgan fingerprint density at radius 2 is 1.76 bits per heavy atom. The summed E-state index contributed by atoms with van der Waals surface area (Å²) in [5.41, 5.74) is 0.593. The van der Waals surface area contributed by atoms with Crippen molar-refractivity contribution in [2.24, 2.45) is 0 Å². The van der Waals surface area contributed by atoms with E-state index in [1.165, 1.54) is 41.1 Å². The topological polar surface area (TPSA) is 92.0 Å². The molecule has 3 N–H and O–H groups in total. The average molecular weight is 535 g/mol. The van der Waals surface area contributed by atoms with E-state index in [4.69, 9.17) is 5.41 Å². The van der Waals surface area contributed by atoms with E-state index in [-0.39, 0.29) is 28.2 Å². The highest BCUT2D eigenvalue weighted by atomic mass is 19.4. The number of alkyl halides is 6. The lowest BCUT2D eigenvalue weighted by atomic mass is 10.0. The number of hydrogen-bond donors (Lipinski definition) is 3. The van der Waals surface area contributed by atoms with Crippen molar-refractivity contribution in [3.63, 3.8) is 0 Å². The molecule has 38 heavy (non-hydrogen) atoms. The summed E-state index contributed by atoms with van der Waals surface area (Å²) in [6.07, 6.45) is -1.80. The Labute approximate surface area is 211 Å². The van der Waals surface area contributed by atoms with Gasteiger partial charge in [0.05, 0.1) is 16.8 Å². The van der Waals surface area contributed by atoms with Crippen LogP contribution in [0.25, 0.3) is 27.7 Å². The zero-order valence-corrected chi connectivity index (χ0v) is 19.5. The molecule has 198 valence electrons. The molecular formula is C25H19F6N5O2. The standard InChI is InChI=1S/C25H19F6N5O2/c1-33-11-16-10-17(5-8-19(16)32)36-12-15-4-9-20(34-13-24(26,27)28)35-22(15)21(23(36)37)14-2-6-18(7-3-14)38-25(29,30)31/h2-12,32-33H,13H2,1H3,(H,34,35)/b16-11-,32-19?. The highest BCUT2D eigenvalue weighted by Gasteiger charge is 2.31. The van der Waals surface area contributed by atoms with Crippen molar-refractivity contribution in [2.75, 3.05) is 18.9 Å². The molecule has 0 radical (unpaired) electrons. The summed E-state index contributed by atoms with van der Waals surface area (Å²) in [7, 11) is 1.65. The van der Waals surface area contributed by atoms with Gasteiger partial charge in [0.25, 0.3) is 5.56 Å². The molecule has 7 nitrogen and oxygen atoms in total. The molecule has 0 fully saturated rings. The van der Waals surface area contributed by atoms with Gasteiger partial charge in [-0.05, 0) is 48.1 Å². The molecule has 0 bridgehead atoms. The summed E-state index contributed by atoms with van der Waals surface area (Å²) in [6, 6.07) is 7.29. The highest BCUT2D eigenvalue weighted by molar-refractivity contribution is 6.12. The van der Waals surface area contributed by atoms with Gasteiger partial charge in [0, 0.05) is 36.1 Å². The second kappa shape index (κ2) is 10.1. The first kappa shape index (κ1) is 26.5. The first-order chi connectivity index (χ1) is 17.8. The quantitative estimate of drug-likeness (QED) is 0.364. The number of allylic oxidation sites excluding steroid dienone is 5. The van der Waals surface area contributed by atoms with Crippen LogP contribution < -0.4 is 20.9 Å². The number of aromatic nitrogens is 2. The first-order valence-corrected chi connectivity index (χ1v) is 10.9. The summed E-state index contributed by atoms with van der Waals surface area (Å²) < 4.78 is 81.1. The fourth-order valence-corrected chi connectivity index (χ4v) is 3.73. The lowest BCUT2D eigenvalue weighted by Gasteiger charge is -2.17. The Kier molecular flexibility index (Phi) is 7.03. The maximum atomic E-state index is 13.7. The highest BCUT2D eigenvalue weighted by Crippen LogP contribution is 2.30. The molecule has 0 saturated carbocycles. The van der Waals surface area contributed by atoms with Crippen molar-refractivity contribution in [2.45, 2.75) is 12.5 Å². The van der Waals surface area contributed by atoms with Gasteiger partial charge in [-0.3, -0.25) is 9.36 Å². The summed E-state index contributed by atoms with van der Waals surface area (Å²) >= 11 is 0. The van der Waals surface area contributed by atoms with Gasteiger partial charge in [-0.15, -0.1) is 13.2 Å². The zero-order valence-electron chi connectivity index (χ0n) is 19.5. The number of benzene rings is 1. The molecule has 1 aliphatic carbocycles. The van der Waals surface area contributed by atoms with Crippen LogP contribution in [0, 0.1) is 5.41 Å². The molecular weight excluding hydrogens is 516 g/mol. The van der Waals surface area contributed by atoms with Crippen LogP contribution in [0.2, 0.25) is 0 Å². The van der Waals surface area contributed by atoms with Crippen molar-refractivity contribution in [3.05, 3.63) is 82.9 Å². The summed E-state index contributed by atoms with van der Waals surface area (Å²) in [6.45, 7) is -1.36. The number of hydrogen-bond acceptors (Lipinski definition) is 6. The molecule has 0 amide bonds. The van der Waals surface area contributed by atoms with E-state index in [1.54, 1.807) is 25.4 Å². The molecule has 4 rings (SSSR count). The van der Waals surface area contributed by atoms with E-state index in [0.29, 0.717) is 16.7 Å². The van der Waals surface area contributed by atoms with Crippen molar-refractivity contribution >= 4 is 28.1 Å². The number of nitrogens with one attached hydrogen (secondary N) is 3. The minimum Gasteiger partial charge on any atom is -0.406 e.